The van der Waals surface area contributed by atoms with Crippen LogP contribution in [0.3, 0.4) is 0 Å². The van der Waals surface area contributed by atoms with Gasteiger partial charge >= 0.3 is 5.97 Å². The predicted molar refractivity (Wildman–Crippen MR) is 118 cm³/mol. The fourth-order valence-corrected chi connectivity index (χ4v) is 3.31. The maximum atomic E-state index is 12.7. The number of anilines is 1. The lowest BCUT2D eigenvalue weighted by Gasteiger charge is -2.16. The number of halogens is 2. The second-order valence-corrected chi connectivity index (χ2v) is 7.66. The molecule has 2 unspecified atom stereocenters. The fraction of sp³-hybridized carbons (Fsp3) is 0.190. The molecular formula is C21H20Cl2N4O4. The van der Waals surface area contributed by atoms with Crippen molar-refractivity contribution in [1.29, 1.82) is 0 Å². The molecule has 8 nitrogen and oxygen atoms in total. The first-order valence-corrected chi connectivity index (χ1v) is 10.0. The molecular weight excluding hydrogens is 443 g/mol. The fourth-order valence-electron chi connectivity index (χ4n) is 2.90. The molecule has 162 valence electrons. The molecule has 3 aromatic rings. The maximum Gasteiger partial charge on any atom is 0.325 e. The largest absolute Gasteiger partial charge is 0.480 e. The molecule has 0 radical (unpaired) electrons. The Hall–Kier alpha value is -3.07. The van der Waals surface area contributed by atoms with Crippen LogP contribution in [0.5, 0.6) is 0 Å². The number of H-pyrrole nitrogens is 1. The van der Waals surface area contributed by atoms with Crippen molar-refractivity contribution in [3.05, 3.63) is 70.1 Å². The van der Waals surface area contributed by atoms with E-state index in [-0.39, 0.29) is 12.3 Å². The summed E-state index contributed by atoms with van der Waals surface area (Å²) in [6, 6.07) is 8.62. The van der Waals surface area contributed by atoms with Gasteiger partial charge in [-0.25, -0.2) is 4.98 Å². The molecule has 0 aliphatic rings. The molecule has 0 saturated carbocycles. The number of hydrogen-bond donors (Lipinski definition) is 5. The summed E-state index contributed by atoms with van der Waals surface area (Å²) in [6.07, 6.45) is 3.01. The average Bonchev–Trinajstić information content (AvgIpc) is 3.23. The number of hydrogen-bond acceptors (Lipinski definition) is 5. The van der Waals surface area contributed by atoms with Gasteiger partial charge in [0.15, 0.2) is 0 Å². The maximum absolute atomic E-state index is 12.7. The van der Waals surface area contributed by atoms with E-state index in [1.807, 2.05) is 0 Å². The summed E-state index contributed by atoms with van der Waals surface area (Å²) in [4.78, 5) is 30.7. The lowest BCUT2D eigenvalue weighted by molar-refractivity contribution is -0.137. The zero-order chi connectivity index (χ0) is 22.5. The number of amides is 1. The molecule has 0 fully saturated rings. The first-order chi connectivity index (χ1) is 14.8. The minimum absolute atomic E-state index is 0.261. The Kier molecular flexibility index (Phi) is 7.17. The first kappa shape index (κ1) is 22.6. The SMILES string of the molecule is CC(Nc1cc(-c2c[nH]c(C(=O)NC(CO)c3cccc(Cl)c3)c2)c(Cl)cn1)C(=O)O. The molecule has 1 amide bonds. The molecule has 0 aliphatic carbocycles. The Morgan fingerprint density at radius 1 is 1.23 bits per heavy atom. The smallest absolute Gasteiger partial charge is 0.325 e. The highest BCUT2D eigenvalue weighted by atomic mass is 35.5. The molecule has 2 atom stereocenters. The van der Waals surface area contributed by atoms with Crippen LogP contribution in [0.15, 0.2) is 48.8 Å². The van der Waals surface area contributed by atoms with E-state index in [4.69, 9.17) is 28.3 Å². The third kappa shape index (κ3) is 5.55. The third-order valence-electron chi connectivity index (χ3n) is 4.57. The van der Waals surface area contributed by atoms with Gasteiger partial charge in [-0.3, -0.25) is 9.59 Å². The number of aliphatic carboxylic acids is 1. The van der Waals surface area contributed by atoms with Crippen molar-refractivity contribution in [2.75, 3.05) is 11.9 Å². The summed E-state index contributed by atoms with van der Waals surface area (Å²) in [5.41, 5.74) is 2.12. The topological polar surface area (TPSA) is 127 Å². The number of carbonyl (C=O) groups is 2. The second-order valence-electron chi connectivity index (χ2n) is 6.82. The highest BCUT2D eigenvalue weighted by Gasteiger charge is 2.18. The quantitative estimate of drug-likeness (QED) is 0.347. The molecule has 10 heteroatoms. The number of aromatic amines is 1. The van der Waals surface area contributed by atoms with Crippen molar-refractivity contribution < 1.29 is 19.8 Å². The van der Waals surface area contributed by atoms with Gasteiger partial charge in [0.05, 0.1) is 17.7 Å². The Morgan fingerprint density at radius 3 is 2.68 bits per heavy atom. The highest BCUT2D eigenvalue weighted by Crippen LogP contribution is 2.30. The summed E-state index contributed by atoms with van der Waals surface area (Å²) < 4.78 is 0. The van der Waals surface area contributed by atoms with Gasteiger partial charge in [-0.1, -0.05) is 35.3 Å². The predicted octanol–water partition coefficient (Wildman–Crippen LogP) is 3.73. The number of nitrogens with one attached hydrogen (secondary N) is 3. The second kappa shape index (κ2) is 9.82. The number of pyridine rings is 1. The van der Waals surface area contributed by atoms with Gasteiger partial charge in [0.1, 0.15) is 17.6 Å². The van der Waals surface area contributed by atoms with Gasteiger partial charge in [-0.2, -0.15) is 0 Å². The van der Waals surface area contributed by atoms with E-state index in [0.29, 0.717) is 32.6 Å². The van der Waals surface area contributed by atoms with Crippen LogP contribution in [0, 0.1) is 0 Å². The van der Waals surface area contributed by atoms with Gasteiger partial charge in [-0.15, -0.1) is 0 Å². The minimum atomic E-state index is -1.02. The van der Waals surface area contributed by atoms with Gasteiger partial charge in [0, 0.05) is 28.5 Å². The lowest BCUT2D eigenvalue weighted by atomic mass is 10.1. The first-order valence-electron chi connectivity index (χ1n) is 9.29. The van der Waals surface area contributed by atoms with Gasteiger partial charge in [-0.05, 0) is 36.8 Å². The molecule has 0 spiro atoms. The van der Waals surface area contributed by atoms with Crippen LogP contribution in [0.2, 0.25) is 10.0 Å². The van der Waals surface area contributed by atoms with Crippen molar-refractivity contribution >= 4 is 40.9 Å². The number of aliphatic hydroxyl groups is 1. The zero-order valence-corrected chi connectivity index (χ0v) is 17.9. The number of carboxylic acids is 1. The molecule has 1 aromatic carbocycles. The van der Waals surface area contributed by atoms with Crippen molar-refractivity contribution in [3.8, 4) is 11.1 Å². The number of aliphatic hydroxyl groups excluding tert-OH is 1. The standard InChI is InChI=1S/C21H20Cl2N4O4/c1-11(21(30)31)26-19-7-15(16(23)9-25-19)13-6-17(24-8-13)20(29)27-18(10-28)12-3-2-4-14(22)5-12/h2-9,11,18,24,28H,10H2,1H3,(H,25,26)(H,27,29)(H,30,31). The van der Waals surface area contributed by atoms with Crippen molar-refractivity contribution in [1.82, 2.24) is 15.3 Å². The number of rotatable bonds is 8. The molecule has 0 aliphatic heterocycles. The van der Waals surface area contributed by atoms with E-state index < -0.39 is 24.0 Å². The zero-order valence-electron chi connectivity index (χ0n) is 16.4. The Morgan fingerprint density at radius 2 is 2.00 bits per heavy atom. The molecule has 2 heterocycles. The highest BCUT2D eigenvalue weighted by molar-refractivity contribution is 6.33. The summed E-state index contributed by atoms with van der Waals surface area (Å²) in [5, 5.41) is 25.1. The molecule has 31 heavy (non-hydrogen) atoms. The van der Waals surface area contributed by atoms with E-state index >= 15 is 0 Å². The van der Waals surface area contributed by atoms with E-state index in [2.05, 4.69) is 20.6 Å². The van der Waals surface area contributed by atoms with Crippen LogP contribution in [-0.2, 0) is 4.79 Å². The Balaban J connectivity index is 1.79. The minimum Gasteiger partial charge on any atom is -0.480 e. The van der Waals surface area contributed by atoms with E-state index in [9.17, 15) is 14.7 Å². The molecule has 2 aromatic heterocycles. The Labute approximate surface area is 188 Å². The van der Waals surface area contributed by atoms with Crippen LogP contribution in [0.25, 0.3) is 11.1 Å². The van der Waals surface area contributed by atoms with E-state index in [1.54, 1.807) is 42.6 Å². The van der Waals surface area contributed by atoms with Crippen molar-refractivity contribution in [2.45, 2.75) is 19.0 Å². The Bertz CT molecular complexity index is 1100. The van der Waals surface area contributed by atoms with Gasteiger partial charge in [0.2, 0.25) is 0 Å². The number of aromatic nitrogens is 2. The summed E-state index contributed by atoms with van der Waals surface area (Å²) in [6.45, 7) is 1.20. The van der Waals surface area contributed by atoms with Crippen LogP contribution in [0.4, 0.5) is 5.82 Å². The van der Waals surface area contributed by atoms with Crippen LogP contribution in [-0.4, -0.2) is 44.7 Å². The van der Waals surface area contributed by atoms with Crippen molar-refractivity contribution in [2.24, 2.45) is 0 Å². The number of nitrogens with zero attached hydrogens (tertiary/aromatic N) is 1. The van der Waals surface area contributed by atoms with Gasteiger partial charge in [0.25, 0.3) is 5.91 Å². The third-order valence-corrected chi connectivity index (χ3v) is 5.10. The molecule has 0 saturated heterocycles. The normalized spacial score (nSPS) is 12.8. The summed E-state index contributed by atoms with van der Waals surface area (Å²) >= 11 is 12.2. The number of benzene rings is 1. The number of carboxylic acid groups (broad SMARTS) is 1. The lowest BCUT2D eigenvalue weighted by Crippen LogP contribution is -2.31. The average molecular weight is 463 g/mol. The van der Waals surface area contributed by atoms with Crippen molar-refractivity contribution in [3.63, 3.8) is 0 Å². The van der Waals surface area contributed by atoms with E-state index in [0.717, 1.165) is 0 Å². The summed E-state index contributed by atoms with van der Waals surface area (Å²) in [5.74, 6) is -1.10. The van der Waals surface area contributed by atoms with Crippen LogP contribution < -0.4 is 10.6 Å². The van der Waals surface area contributed by atoms with Crippen LogP contribution in [0.1, 0.15) is 29.0 Å². The number of carbonyl (C=O) groups excluding carboxylic acids is 1. The van der Waals surface area contributed by atoms with Crippen LogP contribution >= 0.6 is 23.2 Å². The monoisotopic (exact) mass is 462 g/mol. The van der Waals surface area contributed by atoms with E-state index in [1.165, 1.54) is 13.1 Å². The molecule has 0 bridgehead atoms. The molecule has 3 rings (SSSR count). The summed E-state index contributed by atoms with van der Waals surface area (Å²) in [7, 11) is 0. The van der Waals surface area contributed by atoms with Gasteiger partial charge < -0.3 is 25.8 Å². The molecule has 5 N–H and O–H groups in total.